The molecule has 4 aromatic rings. The molecule has 3 N–H and O–H groups in total. The molecular formula is C28H34N6O. The monoisotopic (exact) mass is 470 g/mol. The molecule has 1 aromatic carbocycles. The number of nitrogens with two attached hydrogens (primary N) is 1. The molecule has 0 aliphatic heterocycles. The van der Waals surface area contributed by atoms with Crippen molar-refractivity contribution >= 4 is 33.7 Å². The van der Waals surface area contributed by atoms with E-state index in [0.29, 0.717) is 5.82 Å². The fourth-order valence-electron chi connectivity index (χ4n) is 5.27. The Morgan fingerprint density at radius 3 is 2.77 bits per heavy atom. The molecule has 5 rings (SSSR count). The van der Waals surface area contributed by atoms with Gasteiger partial charge in [0.1, 0.15) is 11.3 Å². The van der Waals surface area contributed by atoms with Crippen LogP contribution < -0.4 is 11.1 Å². The normalized spacial score (nSPS) is 14.2. The van der Waals surface area contributed by atoms with E-state index >= 15 is 0 Å². The highest BCUT2D eigenvalue weighted by Crippen LogP contribution is 2.32. The number of imidazole rings is 1. The number of hydrogen-bond donors (Lipinski definition) is 2. The number of anilines is 1. The van der Waals surface area contributed by atoms with Crippen molar-refractivity contribution in [2.75, 3.05) is 12.3 Å². The summed E-state index contributed by atoms with van der Waals surface area (Å²) in [5.74, 6) is 1.98. The van der Waals surface area contributed by atoms with Crippen molar-refractivity contribution in [3.05, 3.63) is 48.5 Å². The van der Waals surface area contributed by atoms with Crippen LogP contribution in [0.3, 0.4) is 0 Å². The highest BCUT2D eigenvalue weighted by Gasteiger charge is 2.22. The molecule has 35 heavy (non-hydrogen) atoms. The van der Waals surface area contributed by atoms with Gasteiger partial charge in [0.05, 0.1) is 11.0 Å². The summed E-state index contributed by atoms with van der Waals surface area (Å²) in [6, 6.07) is 10.3. The first kappa shape index (κ1) is 23.3. The second-order valence-corrected chi connectivity index (χ2v) is 9.58. The van der Waals surface area contributed by atoms with Crippen molar-refractivity contribution in [1.29, 1.82) is 0 Å². The topological polar surface area (TPSA) is 98.7 Å². The van der Waals surface area contributed by atoms with Crippen molar-refractivity contribution in [3.8, 4) is 11.1 Å². The number of nitrogens with one attached hydrogen (secondary N) is 1. The lowest BCUT2D eigenvalue weighted by molar-refractivity contribution is -0.124. The molecule has 3 heterocycles. The molecule has 1 aliphatic carbocycles. The molecule has 3 aromatic heterocycles. The number of fused-ring (bicyclic) bond motifs is 3. The Bertz CT molecular complexity index is 1320. The van der Waals surface area contributed by atoms with E-state index in [9.17, 15) is 4.79 Å². The molecule has 0 bridgehead atoms. The molecule has 7 nitrogen and oxygen atoms in total. The Morgan fingerprint density at radius 2 is 2.00 bits per heavy atom. The van der Waals surface area contributed by atoms with Crippen LogP contribution in [0.4, 0.5) is 5.82 Å². The SMILES string of the molecule is CCCc1nc2c(N)nc3cc(-c4cccnc4)ccc3c2n1CCCCNC(=O)C1CCCC1. The number of benzene rings is 1. The Labute approximate surface area is 206 Å². The van der Waals surface area contributed by atoms with Gasteiger partial charge >= 0.3 is 0 Å². The lowest BCUT2D eigenvalue weighted by Gasteiger charge is -2.13. The van der Waals surface area contributed by atoms with Crippen LogP contribution in [-0.2, 0) is 17.8 Å². The van der Waals surface area contributed by atoms with Crippen molar-refractivity contribution < 1.29 is 4.79 Å². The second kappa shape index (κ2) is 10.4. The summed E-state index contributed by atoms with van der Waals surface area (Å²) in [4.78, 5) is 26.2. The number of carbonyl (C=O) groups excluding carboxylic acids is 1. The van der Waals surface area contributed by atoms with Gasteiger partial charge in [-0.2, -0.15) is 0 Å². The summed E-state index contributed by atoms with van der Waals surface area (Å²) in [7, 11) is 0. The highest BCUT2D eigenvalue weighted by molar-refractivity contribution is 6.07. The number of aromatic nitrogens is 4. The minimum Gasteiger partial charge on any atom is -0.382 e. The largest absolute Gasteiger partial charge is 0.382 e. The minimum absolute atomic E-state index is 0.224. The summed E-state index contributed by atoms with van der Waals surface area (Å²) in [6.45, 7) is 3.74. The third-order valence-electron chi connectivity index (χ3n) is 7.09. The summed E-state index contributed by atoms with van der Waals surface area (Å²) in [5.41, 5.74) is 11.2. The predicted octanol–water partition coefficient (Wildman–Crippen LogP) is 5.27. The molecule has 1 aliphatic rings. The maximum atomic E-state index is 12.3. The Hall–Kier alpha value is -3.48. The number of nitrogen functional groups attached to an aromatic ring is 1. The number of pyridine rings is 2. The standard InChI is InChI=1S/C28H34N6O/c1-2-8-24-33-25-26(34(24)16-6-5-15-31-28(35)19-9-3-4-10-19)22-13-12-20(17-23(22)32-27(25)29)21-11-7-14-30-18-21/h7,11-14,17-19H,2-6,8-10,15-16H2,1H3,(H2,29,32)(H,31,35). The summed E-state index contributed by atoms with van der Waals surface area (Å²) >= 11 is 0. The smallest absolute Gasteiger partial charge is 0.223 e. The van der Waals surface area contributed by atoms with E-state index in [-0.39, 0.29) is 11.8 Å². The quantitative estimate of drug-likeness (QED) is 0.325. The van der Waals surface area contributed by atoms with Crippen molar-refractivity contribution in [1.82, 2.24) is 24.8 Å². The van der Waals surface area contributed by atoms with E-state index in [1.54, 1.807) is 6.20 Å². The van der Waals surface area contributed by atoms with Gasteiger partial charge in [0, 0.05) is 48.8 Å². The van der Waals surface area contributed by atoms with Crippen molar-refractivity contribution in [2.45, 2.75) is 64.8 Å². The Balaban J connectivity index is 1.40. The first-order valence-electron chi connectivity index (χ1n) is 12.9. The van der Waals surface area contributed by atoms with Gasteiger partial charge in [-0.15, -0.1) is 0 Å². The lowest BCUT2D eigenvalue weighted by Crippen LogP contribution is -2.30. The second-order valence-electron chi connectivity index (χ2n) is 9.58. The number of nitrogens with zero attached hydrogens (tertiary/aromatic N) is 4. The van der Waals surface area contributed by atoms with E-state index in [2.05, 4.69) is 40.0 Å². The number of aryl methyl sites for hydroxylation is 2. The van der Waals surface area contributed by atoms with Crippen LogP contribution in [0, 0.1) is 5.92 Å². The van der Waals surface area contributed by atoms with E-state index in [1.807, 2.05) is 18.3 Å². The summed E-state index contributed by atoms with van der Waals surface area (Å²) < 4.78 is 2.32. The molecule has 0 saturated heterocycles. The van der Waals surface area contributed by atoms with Gasteiger partial charge in [0.15, 0.2) is 5.82 Å². The van der Waals surface area contributed by atoms with Gasteiger partial charge in [-0.3, -0.25) is 9.78 Å². The van der Waals surface area contributed by atoms with Gasteiger partial charge in [0.25, 0.3) is 0 Å². The zero-order chi connectivity index (χ0) is 24.2. The van der Waals surface area contributed by atoms with Crippen LogP contribution in [0.1, 0.15) is 57.7 Å². The lowest BCUT2D eigenvalue weighted by atomic mass is 10.0. The maximum absolute atomic E-state index is 12.3. The van der Waals surface area contributed by atoms with Gasteiger partial charge < -0.3 is 15.6 Å². The third kappa shape index (κ3) is 4.85. The Kier molecular flexibility index (Phi) is 6.93. The summed E-state index contributed by atoms with van der Waals surface area (Å²) in [6.07, 6.45) is 11.9. The molecule has 7 heteroatoms. The van der Waals surface area contributed by atoms with Crippen LogP contribution >= 0.6 is 0 Å². The third-order valence-corrected chi connectivity index (χ3v) is 7.09. The van der Waals surface area contributed by atoms with Gasteiger partial charge in [-0.25, -0.2) is 9.97 Å². The molecule has 0 atom stereocenters. The van der Waals surface area contributed by atoms with Gasteiger partial charge in [-0.05, 0) is 49.8 Å². The molecule has 1 amide bonds. The van der Waals surface area contributed by atoms with Gasteiger partial charge in [0.2, 0.25) is 5.91 Å². The molecular weight excluding hydrogens is 436 g/mol. The highest BCUT2D eigenvalue weighted by atomic mass is 16.1. The van der Waals surface area contributed by atoms with E-state index in [0.717, 1.165) is 90.5 Å². The Morgan fingerprint density at radius 1 is 1.14 bits per heavy atom. The fourth-order valence-corrected chi connectivity index (χ4v) is 5.27. The predicted molar refractivity (Wildman–Crippen MR) is 141 cm³/mol. The van der Waals surface area contributed by atoms with E-state index < -0.39 is 0 Å². The van der Waals surface area contributed by atoms with Crippen molar-refractivity contribution in [3.63, 3.8) is 0 Å². The molecule has 1 fully saturated rings. The van der Waals surface area contributed by atoms with Crippen LogP contribution in [0.25, 0.3) is 33.1 Å². The number of amides is 1. The van der Waals surface area contributed by atoms with E-state index in [1.165, 1.54) is 12.8 Å². The van der Waals surface area contributed by atoms with E-state index in [4.69, 9.17) is 15.7 Å². The average Bonchev–Trinajstić information content (AvgIpc) is 3.54. The number of rotatable bonds is 9. The minimum atomic E-state index is 0.224. The molecule has 0 unspecified atom stereocenters. The fraction of sp³-hybridized carbons (Fsp3) is 0.429. The molecule has 1 saturated carbocycles. The summed E-state index contributed by atoms with van der Waals surface area (Å²) in [5, 5.41) is 4.20. The van der Waals surface area contributed by atoms with Crippen LogP contribution in [0.5, 0.6) is 0 Å². The molecule has 182 valence electrons. The first-order valence-corrected chi connectivity index (χ1v) is 12.9. The zero-order valence-corrected chi connectivity index (χ0v) is 20.5. The molecule has 0 spiro atoms. The zero-order valence-electron chi connectivity index (χ0n) is 20.5. The number of carbonyl (C=O) groups is 1. The van der Waals surface area contributed by atoms with Crippen LogP contribution in [-0.4, -0.2) is 32.0 Å². The number of hydrogen-bond acceptors (Lipinski definition) is 5. The van der Waals surface area contributed by atoms with Crippen LogP contribution in [0.2, 0.25) is 0 Å². The van der Waals surface area contributed by atoms with Gasteiger partial charge in [-0.1, -0.05) is 38.0 Å². The van der Waals surface area contributed by atoms with Crippen LogP contribution in [0.15, 0.2) is 42.7 Å². The average molecular weight is 471 g/mol. The first-order chi connectivity index (χ1) is 17.2. The number of unbranched alkanes of at least 4 members (excludes halogenated alkanes) is 1. The van der Waals surface area contributed by atoms with Crippen molar-refractivity contribution in [2.24, 2.45) is 5.92 Å². The maximum Gasteiger partial charge on any atom is 0.223 e. The molecule has 0 radical (unpaired) electrons.